The summed E-state index contributed by atoms with van der Waals surface area (Å²) in [6, 6.07) is 0. The zero-order valence-corrected chi connectivity index (χ0v) is 11.4. The molecule has 1 nitrogen and oxygen atoms in total. The van der Waals surface area contributed by atoms with E-state index in [-0.39, 0.29) is 5.60 Å². The Kier molecular flexibility index (Phi) is 5.15. The first-order valence-corrected chi connectivity index (χ1v) is 5.77. The first kappa shape index (κ1) is 10.9. The van der Waals surface area contributed by atoms with Crippen LogP contribution in [0.1, 0.15) is 33.6 Å². The molecule has 0 saturated carbocycles. The standard InChI is InChI=1S/C7H17IOSi/c1-4-6(8)5-7(2,3)9-10/h6H,4-5H2,1-3,10H3. The Morgan fingerprint density at radius 3 is 2.40 bits per heavy atom. The van der Waals surface area contributed by atoms with Gasteiger partial charge < -0.3 is 4.43 Å². The minimum Gasteiger partial charge on any atom is -0.423 e. The Balaban J connectivity index is 3.64. The maximum Gasteiger partial charge on any atom is 0.146 e. The third-order valence-electron chi connectivity index (χ3n) is 1.71. The molecule has 0 aliphatic carbocycles. The van der Waals surface area contributed by atoms with Crippen LogP contribution in [0.5, 0.6) is 0 Å². The molecule has 0 aromatic rings. The molecule has 0 aliphatic rings. The van der Waals surface area contributed by atoms with Gasteiger partial charge in [0, 0.05) is 3.92 Å². The second-order valence-electron chi connectivity index (χ2n) is 3.17. The van der Waals surface area contributed by atoms with E-state index in [4.69, 9.17) is 4.43 Å². The number of hydrogen-bond acceptors (Lipinski definition) is 1. The number of halogens is 1. The van der Waals surface area contributed by atoms with E-state index in [1.807, 2.05) is 0 Å². The normalized spacial score (nSPS) is 15.6. The SMILES string of the molecule is CCC(I)CC(C)(C)O[SiH3]. The van der Waals surface area contributed by atoms with Crippen LogP contribution < -0.4 is 0 Å². The third-order valence-corrected chi connectivity index (χ3v) is 4.13. The molecule has 1 unspecified atom stereocenters. The molecule has 0 aromatic heterocycles. The highest BCUT2D eigenvalue weighted by Crippen LogP contribution is 2.21. The molecule has 10 heavy (non-hydrogen) atoms. The predicted octanol–water partition coefficient (Wildman–Crippen LogP) is 1.67. The summed E-state index contributed by atoms with van der Waals surface area (Å²) < 4.78 is 6.21. The molecule has 0 spiro atoms. The molecule has 0 N–H and O–H groups in total. The lowest BCUT2D eigenvalue weighted by Gasteiger charge is -2.25. The molecule has 0 aliphatic heterocycles. The molecule has 3 heteroatoms. The Bertz CT molecular complexity index is 95.6. The lowest BCUT2D eigenvalue weighted by molar-refractivity contribution is 0.113. The van der Waals surface area contributed by atoms with Crippen molar-refractivity contribution in [2.45, 2.75) is 43.1 Å². The van der Waals surface area contributed by atoms with Crippen molar-refractivity contribution < 1.29 is 4.43 Å². The average molecular weight is 272 g/mol. The summed E-state index contributed by atoms with van der Waals surface area (Å²) in [5, 5.41) is 0. The van der Waals surface area contributed by atoms with E-state index >= 15 is 0 Å². The molecule has 0 rings (SSSR count). The summed E-state index contributed by atoms with van der Waals surface area (Å²) in [5.74, 6) is 0. The minimum absolute atomic E-state index is 0.119. The van der Waals surface area contributed by atoms with Crippen LogP contribution in [0.2, 0.25) is 0 Å². The van der Waals surface area contributed by atoms with Gasteiger partial charge in [0.25, 0.3) is 0 Å². The van der Waals surface area contributed by atoms with Gasteiger partial charge >= 0.3 is 0 Å². The van der Waals surface area contributed by atoms with Gasteiger partial charge in [0.2, 0.25) is 0 Å². The van der Waals surface area contributed by atoms with Crippen LogP contribution in [0.3, 0.4) is 0 Å². The first-order chi connectivity index (χ1) is 4.52. The topological polar surface area (TPSA) is 9.23 Å². The van der Waals surface area contributed by atoms with Gasteiger partial charge in [0.05, 0.1) is 5.60 Å². The quantitative estimate of drug-likeness (QED) is 0.430. The molecule has 0 radical (unpaired) electrons. The summed E-state index contributed by atoms with van der Waals surface area (Å²) in [6.07, 6.45) is 2.42. The minimum atomic E-state index is 0.119. The lowest BCUT2D eigenvalue weighted by Crippen LogP contribution is -2.26. The summed E-state index contributed by atoms with van der Waals surface area (Å²) in [6.45, 7) is 6.56. The van der Waals surface area contributed by atoms with E-state index in [0.717, 1.165) is 14.4 Å². The van der Waals surface area contributed by atoms with Crippen molar-refractivity contribution in [3.63, 3.8) is 0 Å². The second kappa shape index (κ2) is 4.72. The highest BCUT2D eigenvalue weighted by molar-refractivity contribution is 14.1. The highest BCUT2D eigenvalue weighted by Gasteiger charge is 2.18. The van der Waals surface area contributed by atoms with Gasteiger partial charge in [-0.05, 0) is 26.7 Å². The average Bonchev–Trinajstić information content (AvgIpc) is 1.87. The van der Waals surface area contributed by atoms with Crippen molar-refractivity contribution in [3.05, 3.63) is 0 Å². The predicted molar refractivity (Wildman–Crippen MR) is 57.8 cm³/mol. The highest BCUT2D eigenvalue weighted by atomic mass is 127. The van der Waals surface area contributed by atoms with E-state index in [2.05, 4.69) is 43.4 Å². The fourth-order valence-electron chi connectivity index (χ4n) is 0.761. The number of alkyl halides is 1. The van der Waals surface area contributed by atoms with Crippen LogP contribution in [-0.4, -0.2) is 20.0 Å². The van der Waals surface area contributed by atoms with E-state index in [1.165, 1.54) is 12.8 Å². The van der Waals surface area contributed by atoms with Crippen LogP contribution in [0.15, 0.2) is 0 Å². The summed E-state index contributed by atoms with van der Waals surface area (Å²) in [7, 11) is 0.852. The molecule has 0 saturated heterocycles. The second-order valence-corrected chi connectivity index (χ2v) is 5.34. The number of hydrogen-bond donors (Lipinski definition) is 0. The summed E-state index contributed by atoms with van der Waals surface area (Å²) in [4.78, 5) is 0. The van der Waals surface area contributed by atoms with Crippen LogP contribution in [-0.2, 0) is 4.43 Å². The molecule has 0 heterocycles. The van der Waals surface area contributed by atoms with Gasteiger partial charge in [0.1, 0.15) is 10.5 Å². The monoisotopic (exact) mass is 272 g/mol. The van der Waals surface area contributed by atoms with Crippen LogP contribution in [0, 0.1) is 0 Å². The van der Waals surface area contributed by atoms with Crippen molar-refractivity contribution >= 4 is 33.1 Å². The summed E-state index contributed by atoms with van der Waals surface area (Å²) in [5.41, 5.74) is 0.119. The van der Waals surface area contributed by atoms with Gasteiger partial charge in [-0.25, -0.2) is 0 Å². The van der Waals surface area contributed by atoms with Crippen molar-refractivity contribution in [1.82, 2.24) is 0 Å². The van der Waals surface area contributed by atoms with Crippen molar-refractivity contribution in [1.29, 1.82) is 0 Å². The maximum atomic E-state index is 5.44. The van der Waals surface area contributed by atoms with E-state index in [0.29, 0.717) is 0 Å². The zero-order valence-electron chi connectivity index (χ0n) is 7.28. The molecule has 0 fully saturated rings. The lowest BCUT2D eigenvalue weighted by atomic mass is 10.0. The van der Waals surface area contributed by atoms with Gasteiger partial charge in [-0.2, -0.15) is 0 Å². The Morgan fingerprint density at radius 1 is 1.60 bits per heavy atom. The molecular formula is C7H17IOSi. The van der Waals surface area contributed by atoms with Gasteiger partial charge in [-0.3, -0.25) is 0 Å². The van der Waals surface area contributed by atoms with Crippen molar-refractivity contribution in [3.8, 4) is 0 Å². The van der Waals surface area contributed by atoms with E-state index in [1.54, 1.807) is 0 Å². The molecule has 0 aromatic carbocycles. The Labute approximate surface area is 80.6 Å². The smallest absolute Gasteiger partial charge is 0.146 e. The molecular weight excluding hydrogens is 255 g/mol. The fourth-order valence-corrected chi connectivity index (χ4v) is 1.99. The Morgan fingerprint density at radius 2 is 2.10 bits per heavy atom. The van der Waals surface area contributed by atoms with Gasteiger partial charge in [-0.15, -0.1) is 0 Å². The van der Waals surface area contributed by atoms with Crippen LogP contribution in [0.25, 0.3) is 0 Å². The molecule has 62 valence electrons. The van der Waals surface area contributed by atoms with Crippen LogP contribution in [0.4, 0.5) is 0 Å². The van der Waals surface area contributed by atoms with Gasteiger partial charge in [0.15, 0.2) is 0 Å². The Hall–Kier alpha value is 0.907. The molecule has 1 atom stereocenters. The molecule has 0 bridgehead atoms. The van der Waals surface area contributed by atoms with Crippen molar-refractivity contribution in [2.75, 3.05) is 0 Å². The largest absolute Gasteiger partial charge is 0.423 e. The van der Waals surface area contributed by atoms with Crippen molar-refractivity contribution in [2.24, 2.45) is 0 Å². The number of rotatable bonds is 4. The zero-order chi connectivity index (χ0) is 8.20. The molecule has 0 amide bonds. The first-order valence-electron chi connectivity index (χ1n) is 3.71. The summed E-state index contributed by atoms with van der Waals surface area (Å²) >= 11 is 2.49. The van der Waals surface area contributed by atoms with E-state index < -0.39 is 0 Å². The van der Waals surface area contributed by atoms with Gasteiger partial charge in [-0.1, -0.05) is 29.5 Å². The third kappa shape index (κ3) is 4.68. The van der Waals surface area contributed by atoms with E-state index in [9.17, 15) is 0 Å². The van der Waals surface area contributed by atoms with Crippen LogP contribution >= 0.6 is 22.6 Å². The fraction of sp³-hybridized carbons (Fsp3) is 1.00. The maximum absolute atomic E-state index is 5.44.